The van der Waals surface area contributed by atoms with Gasteiger partial charge in [-0.3, -0.25) is 9.78 Å². The standard InChI is InChI=1S/C23H26N4O/c1-14-6-5-8-19(24)22-13-18(16-7-3-4-9-20(16)26-22)17-11-10-15(25-2)12-21(17)27-23(14)28/h3-4,7,9-14,19,25H,5-6,8,24H2,1-2H3,(H,27,28). The lowest BCUT2D eigenvalue weighted by molar-refractivity contribution is -0.119. The number of nitrogens with zero attached hydrogens (tertiary/aromatic N) is 1. The van der Waals surface area contributed by atoms with Crippen molar-refractivity contribution in [3.8, 4) is 11.1 Å². The minimum absolute atomic E-state index is 0.0437. The van der Waals surface area contributed by atoms with Gasteiger partial charge in [0.1, 0.15) is 0 Å². The van der Waals surface area contributed by atoms with Crippen LogP contribution in [0.2, 0.25) is 0 Å². The number of anilines is 2. The second kappa shape index (κ2) is 7.60. The zero-order valence-corrected chi connectivity index (χ0v) is 16.3. The molecule has 2 atom stereocenters. The minimum atomic E-state index is -0.141. The quantitative estimate of drug-likeness (QED) is 0.577. The molecule has 0 radical (unpaired) electrons. The molecule has 3 aromatic rings. The Balaban J connectivity index is 1.99. The summed E-state index contributed by atoms with van der Waals surface area (Å²) in [5, 5.41) is 7.37. The Hall–Kier alpha value is -2.92. The maximum Gasteiger partial charge on any atom is 0.227 e. The van der Waals surface area contributed by atoms with Gasteiger partial charge in [-0.1, -0.05) is 37.6 Å². The second-order valence-electron chi connectivity index (χ2n) is 7.55. The van der Waals surface area contributed by atoms with E-state index in [1.807, 2.05) is 44.3 Å². The molecule has 0 aliphatic carbocycles. The van der Waals surface area contributed by atoms with Crippen molar-refractivity contribution in [3.63, 3.8) is 0 Å². The molecular weight excluding hydrogens is 348 g/mol. The molecule has 2 bridgehead atoms. The smallest absolute Gasteiger partial charge is 0.227 e. The molecule has 2 unspecified atom stereocenters. The first kappa shape index (κ1) is 18.4. The number of nitrogens with one attached hydrogen (secondary N) is 2. The van der Waals surface area contributed by atoms with Gasteiger partial charge in [0.05, 0.1) is 16.9 Å². The third-order valence-electron chi connectivity index (χ3n) is 5.57. The summed E-state index contributed by atoms with van der Waals surface area (Å²) >= 11 is 0. The van der Waals surface area contributed by atoms with E-state index in [1.165, 1.54) is 0 Å². The number of hydrogen-bond acceptors (Lipinski definition) is 4. The first-order valence-corrected chi connectivity index (χ1v) is 9.85. The van der Waals surface area contributed by atoms with Crippen LogP contribution in [0.25, 0.3) is 22.0 Å². The van der Waals surface area contributed by atoms with Gasteiger partial charge < -0.3 is 16.4 Å². The lowest BCUT2D eigenvalue weighted by atomic mass is 9.93. The van der Waals surface area contributed by atoms with Crippen LogP contribution in [0.1, 0.15) is 37.9 Å². The Kier molecular flexibility index (Phi) is 5.01. The monoisotopic (exact) mass is 374 g/mol. The normalized spacial score (nSPS) is 19.9. The Labute approximate surface area is 165 Å². The molecule has 0 fully saturated rings. The molecule has 4 rings (SSSR count). The highest BCUT2D eigenvalue weighted by molar-refractivity contribution is 6.03. The van der Waals surface area contributed by atoms with E-state index >= 15 is 0 Å². The molecule has 5 heteroatoms. The third kappa shape index (κ3) is 3.45. The topological polar surface area (TPSA) is 80.0 Å². The third-order valence-corrected chi connectivity index (χ3v) is 5.57. The highest BCUT2D eigenvalue weighted by atomic mass is 16.1. The molecule has 1 amide bonds. The number of pyridine rings is 1. The summed E-state index contributed by atoms with van der Waals surface area (Å²) in [5.74, 6) is -0.0250. The molecule has 4 N–H and O–H groups in total. The predicted molar refractivity (Wildman–Crippen MR) is 115 cm³/mol. The number of nitrogens with two attached hydrogens (primary N) is 1. The second-order valence-corrected chi connectivity index (χ2v) is 7.55. The van der Waals surface area contributed by atoms with Crippen molar-refractivity contribution in [2.24, 2.45) is 11.7 Å². The number of benzene rings is 2. The summed E-state index contributed by atoms with van der Waals surface area (Å²) in [7, 11) is 1.88. The van der Waals surface area contributed by atoms with Gasteiger partial charge in [-0.05, 0) is 42.7 Å². The lowest BCUT2D eigenvalue weighted by Gasteiger charge is -2.21. The van der Waals surface area contributed by atoms with E-state index in [9.17, 15) is 4.79 Å². The van der Waals surface area contributed by atoms with Gasteiger partial charge in [-0.25, -0.2) is 0 Å². The van der Waals surface area contributed by atoms with Gasteiger partial charge in [0.15, 0.2) is 0 Å². The van der Waals surface area contributed by atoms with Crippen molar-refractivity contribution in [2.75, 3.05) is 17.7 Å². The number of carbonyl (C=O) groups excluding carboxylic acids is 1. The van der Waals surface area contributed by atoms with Crippen LogP contribution in [-0.4, -0.2) is 17.9 Å². The number of aromatic nitrogens is 1. The van der Waals surface area contributed by atoms with Gasteiger partial charge in [0.2, 0.25) is 5.91 Å². The first-order chi connectivity index (χ1) is 13.6. The largest absolute Gasteiger partial charge is 0.388 e. The maximum atomic E-state index is 12.8. The Morgan fingerprint density at radius 1 is 1.11 bits per heavy atom. The fourth-order valence-corrected chi connectivity index (χ4v) is 3.83. The molecule has 1 aromatic heterocycles. The molecule has 2 heterocycles. The molecule has 1 aliphatic rings. The molecule has 0 spiro atoms. The number of carbonyl (C=O) groups is 1. The highest BCUT2D eigenvalue weighted by Crippen LogP contribution is 2.37. The van der Waals surface area contributed by atoms with Gasteiger partial charge in [-0.15, -0.1) is 0 Å². The number of para-hydroxylation sites is 1. The fourth-order valence-electron chi connectivity index (χ4n) is 3.83. The number of hydrogen-bond donors (Lipinski definition) is 3. The van der Waals surface area contributed by atoms with Crippen LogP contribution < -0.4 is 16.4 Å². The molecule has 5 nitrogen and oxygen atoms in total. The zero-order valence-electron chi connectivity index (χ0n) is 16.3. The minimum Gasteiger partial charge on any atom is -0.388 e. The summed E-state index contributed by atoms with van der Waals surface area (Å²) in [4.78, 5) is 17.6. The average Bonchev–Trinajstić information content (AvgIpc) is 2.72. The summed E-state index contributed by atoms with van der Waals surface area (Å²) in [6, 6.07) is 16.1. The average molecular weight is 374 g/mol. The zero-order chi connectivity index (χ0) is 19.7. The Bertz CT molecular complexity index is 1030. The van der Waals surface area contributed by atoms with Crippen LogP contribution in [0.3, 0.4) is 0 Å². The van der Waals surface area contributed by atoms with Crippen molar-refractivity contribution in [2.45, 2.75) is 32.2 Å². The highest BCUT2D eigenvalue weighted by Gasteiger charge is 2.20. The summed E-state index contributed by atoms with van der Waals surface area (Å²) in [5.41, 5.74) is 12.1. The van der Waals surface area contributed by atoms with Crippen LogP contribution in [-0.2, 0) is 4.79 Å². The van der Waals surface area contributed by atoms with Crippen LogP contribution in [0, 0.1) is 5.92 Å². The number of fused-ring (bicyclic) bond motifs is 6. The molecule has 28 heavy (non-hydrogen) atoms. The summed E-state index contributed by atoms with van der Waals surface area (Å²) in [6.07, 6.45) is 2.51. The van der Waals surface area contributed by atoms with E-state index in [0.717, 1.165) is 58.4 Å². The van der Waals surface area contributed by atoms with E-state index in [4.69, 9.17) is 10.7 Å². The Morgan fingerprint density at radius 3 is 2.75 bits per heavy atom. The van der Waals surface area contributed by atoms with Crippen molar-refractivity contribution < 1.29 is 4.79 Å². The van der Waals surface area contributed by atoms with Crippen LogP contribution >= 0.6 is 0 Å². The molecule has 0 saturated carbocycles. The van der Waals surface area contributed by atoms with E-state index in [2.05, 4.69) is 28.8 Å². The van der Waals surface area contributed by atoms with Crippen LogP contribution in [0.5, 0.6) is 0 Å². The van der Waals surface area contributed by atoms with Gasteiger partial charge in [0, 0.05) is 35.6 Å². The lowest BCUT2D eigenvalue weighted by Crippen LogP contribution is -2.22. The molecule has 144 valence electrons. The molecule has 1 aliphatic heterocycles. The van der Waals surface area contributed by atoms with E-state index in [0.29, 0.717) is 0 Å². The maximum absolute atomic E-state index is 12.8. The SMILES string of the molecule is CNc1ccc2c(c1)NC(=O)C(C)CCCC(N)c1cc-2c2ccccc2n1. The van der Waals surface area contributed by atoms with Gasteiger partial charge in [-0.2, -0.15) is 0 Å². The molecular formula is C23H26N4O. The summed E-state index contributed by atoms with van der Waals surface area (Å²) in [6.45, 7) is 1.97. The number of rotatable bonds is 1. The van der Waals surface area contributed by atoms with Crippen molar-refractivity contribution in [1.82, 2.24) is 4.98 Å². The molecule has 0 saturated heterocycles. The number of amides is 1. The van der Waals surface area contributed by atoms with E-state index in [1.54, 1.807) is 0 Å². The molecule has 2 aromatic carbocycles. The van der Waals surface area contributed by atoms with Crippen LogP contribution in [0.4, 0.5) is 11.4 Å². The van der Waals surface area contributed by atoms with E-state index < -0.39 is 0 Å². The Morgan fingerprint density at radius 2 is 1.93 bits per heavy atom. The fraction of sp³-hybridized carbons (Fsp3) is 0.304. The van der Waals surface area contributed by atoms with Crippen LogP contribution in [0.15, 0.2) is 48.5 Å². The first-order valence-electron chi connectivity index (χ1n) is 9.85. The van der Waals surface area contributed by atoms with Gasteiger partial charge >= 0.3 is 0 Å². The van der Waals surface area contributed by atoms with E-state index in [-0.39, 0.29) is 17.9 Å². The summed E-state index contributed by atoms with van der Waals surface area (Å²) < 4.78 is 0. The predicted octanol–water partition coefficient (Wildman–Crippen LogP) is 4.70. The van der Waals surface area contributed by atoms with Crippen molar-refractivity contribution in [1.29, 1.82) is 0 Å². The van der Waals surface area contributed by atoms with Crippen molar-refractivity contribution in [3.05, 3.63) is 54.2 Å². The van der Waals surface area contributed by atoms with Gasteiger partial charge in [0.25, 0.3) is 0 Å². The van der Waals surface area contributed by atoms with Crippen molar-refractivity contribution >= 4 is 28.2 Å².